The van der Waals surface area contributed by atoms with Crippen LogP contribution >= 0.6 is 0 Å². The average Bonchev–Trinajstić information content (AvgIpc) is 2.63. The molecule has 1 atom stereocenters. The van der Waals surface area contributed by atoms with Gasteiger partial charge in [-0.1, -0.05) is 13.8 Å². The highest BCUT2D eigenvalue weighted by Gasteiger charge is 2.30. The first-order valence-corrected chi connectivity index (χ1v) is 7.46. The molecule has 1 amide bonds. The predicted molar refractivity (Wildman–Crippen MR) is 62.4 cm³/mol. The van der Waals surface area contributed by atoms with E-state index in [-0.39, 0.29) is 11.8 Å². The topological polar surface area (TPSA) is 66.5 Å². The van der Waals surface area contributed by atoms with Crippen LogP contribution in [0.5, 0.6) is 0 Å². The van der Waals surface area contributed by atoms with E-state index in [9.17, 15) is 13.2 Å². The molecule has 0 aromatic rings. The molecule has 1 aliphatic rings. The zero-order valence-corrected chi connectivity index (χ0v) is 10.9. The first kappa shape index (κ1) is 13.4. The molecular formula is C10H20N2O3S. The van der Waals surface area contributed by atoms with Crippen LogP contribution in [-0.2, 0) is 14.8 Å². The number of hydrogen-bond donors (Lipinski definition) is 1. The highest BCUT2D eigenvalue weighted by molar-refractivity contribution is 7.88. The van der Waals surface area contributed by atoms with Crippen molar-refractivity contribution in [1.29, 1.82) is 0 Å². The van der Waals surface area contributed by atoms with Crippen molar-refractivity contribution in [3.63, 3.8) is 0 Å². The molecule has 6 heteroatoms. The maximum Gasteiger partial charge on any atom is 0.241 e. The zero-order chi connectivity index (χ0) is 12.3. The number of amides is 1. The molecule has 0 aromatic heterocycles. The molecule has 1 aliphatic heterocycles. The first-order valence-electron chi connectivity index (χ1n) is 5.57. The van der Waals surface area contributed by atoms with E-state index < -0.39 is 16.1 Å². The van der Waals surface area contributed by atoms with Gasteiger partial charge in [0.05, 0.1) is 6.26 Å². The number of carbonyl (C=O) groups excluding carboxylic acids is 1. The molecule has 1 heterocycles. The number of likely N-dealkylation sites (tertiary alicyclic amines) is 1. The van der Waals surface area contributed by atoms with Gasteiger partial charge >= 0.3 is 0 Å². The Morgan fingerprint density at radius 2 is 1.75 bits per heavy atom. The molecule has 1 saturated heterocycles. The molecule has 0 bridgehead atoms. The normalized spacial score (nSPS) is 19.1. The second kappa shape index (κ2) is 5.14. The molecule has 1 rings (SSSR count). The SMILES string of the molecule is CC(C)[C@@H](NS(C)(=O)=O)C(=O)N1CCCC1. The number of nitrogens with one attached hydrogen (secondary N) is 1. The van der Waals surface area contributed by atoms with Crippen LogP contribution in [0.15, 0.2) is 0 Å². The van der Waals surface area contributed by atoms with Crippen LogP contribution in [0.25, 0.3) is 0 Å². The number of nitrogens with zero attached hydrogens (tertiary/aromatic N) is 1. The standard InChI is InChI=1S/C10H20N2O3S/c1-8(2)9(11-16(3,14)15)10(13)12-6-4-5-7-12/h8-9,11H,4-7H2,1-3H3/t9-/m1/s1. The lowest BCUT2D eigenvalue weighted by Crippen LogP contribution is -2.50. The third-order valence-electron chi connectivity index (χ3n) is 2.69. The summed E-state index contributed by atoms with van der Waals surface area (Å²) in [7, 11) is -3.34. The Morgan fingerprint density at radius 1 is 1.25 bits per heavy atom. The molecule has 5 nitrogen and oxygen atoms in total. The summed E-state index contributed by atoms with van der Waals surface area (Å²) in [4.78, 5) is 13.8. The predicted octanol–water partition coefficient (Wildman–Crippen LogP) is 0.183. The Kier molecular flexibility index (Phi) is 4.32. The molecule has 94 valence electrons. The molecule has 0 spiro atoms. The van der Waals surface area contributed by atoms with Crippen LogP contribution < -0.4 is 4.72 Å². The average molecular weight is 248 g/mol. The molecule has 1 fully saturated rings. The van der Waals surface area contributed by atoms with Gasteiger partial charge in [-0.15, -0.1) is 0 Å². The highest BCUT2D eigenvalue weighted by Crippen LogP contribution is 2.13. The number of rotatable bonds is 4. The summed E-state index contributed by atoms with van der Waals surface area (Å²) in [6.07, 6.45) is 3.10. The van der Waals surface area contributed by atoms with E-state index in [2.05, 4.69) is 4.72 Å². The molecule has 0 saturated carbocycles. The number of sulfonamides is 1. The smallest absolute Gasteiger partial charge is 0.241 e. The summed E-state index contributed by atoms with van der Waals surface area (Å²) in [6.45, 7) is 5.18. The molecular weight excluding hydrogens is 228 g/mol. The van der Waals surface area contributed by atoms with Crippen LogP contribution in [0.2, 0.25) is 0 Å². The molecule has 0 unspecified atom stereocenters. The second-order valence-corrected chi connectivity index (χ2v) is 6.42. The molecule has 1 N–H and O–H groups in total. The van der Waals surface area contributed by atoms with Gasteiger partial charge in [0.25, 0.3) is 0 Å². The number of carbonyl (C=O) groups is 1. The molecule has 0 radical (unpaired) electrons. The molecule has 0 aliphatic carbocycles. The minimum absolute atomic E-state index is 0.0391. The van der Waals surface area contributed by atoms with Gasteiger partial charge in [-0.3, -0.25) is 4.79 Å². The van der Waals surface area contributed by atoms with E-state index in [1.54, 1.807) is 4.90 Å². The van der Waals surface area contributed by atoms with E-state index in [1.165, 1.54) is 0 Å². The largest absolute Gasteiger partial charge is 0.341 e. The van der Waals surface area contributed by atoms with E-state index >= 15 is 0 Å². The van der Waals surface area contributed by atoms with Crippen molar-refractivity contribution in [3.05, 3.63) is 0 Å². The zero-order valence-electron chi connectivity index (χ0n) is 10.1. The van der Waals surface area contributed by atoms with E-state index in [1.807, 2.05) is 13.8 Å². The van der Waals surface area contributed by atoms with Gasteiger partial charge in [-0.25, -0.2) is 13.1 Å². The van der Waals surface area contributed by atoms with Crippen LogP contribution in [0.1, 0.15) is 26.7 Å². The summed E-state index contributed by atoms with van der Waals surface area (Å²) in [6, 6.07) is -0.631. The summed E-state index contributed by atoms with van der Waals surface area (Å²) in [5.74, 6) is -0.138. The molecule has 0 aromatic carbocycles. The molecule has 16 heavy (non-hydrogen) atoms. The fourth-order valence-electron chi connectivity index (χ4n) is 1.84. The maximum atomic E-state index is 12.1. The summed E-state index contributed by atoms with van der Waals surface area (Å²) in [5.41, 5.74) is 0. The summed E-state index contributed by atoms with van der Waals surface area (Å²) >= 11 is 0. The van der Waals surface area contributed by atoms with Crippen LogP contribution in [0.3, 0.4) is 0 Å². The second-order valence-electron chi connectivity index (χ2n) is 4.64. The van der Waals surface area contributed by atoms with Gasteiger partial charge in [0.15, 0.2) is 0 Å². The Balaban J connectivity index is 2.73. The maximum absolute atomic E-state index is 12.1. The van der Waals surface area contributed by atoms with Crippen molar-refractivity contribution < 1.29 is 13.2 Å². The van der Waals surface area contributed by atoms with Crippen molar-refractivity contribution in [2.75, 3.05) is 19.3 Å². The van der Waals surface area contributed by atoms with Crippen LogP contribution in [0.4, 0.5) is 0 Å². The fraction of sp³-hybridized carbons (Fsp3) is 0.900. The van der Waals surface area contributed by atoms with Crippen molar-refractivity contribution in [2.45, 2.75) is 32.7 Å². The van der Waals surface area contributed by atoms with E-state index in [0.717, 1.165) is 32.2 Å². The Bertz CT molecular complexity index is 345. The van der Waals surface area contributed by atoms with Gasteiger partial charge in [0.2, 0.25) is 15.9 Å². The van der Waals surface area contributed by atoms with Crippen molar-refractivity contribution in [3.8, 4) is 0 Å². The Hall–Kier alpha value is -0.620. The third kappa shape index (κ3) is 3.75. The fourth-order valence-corrected chi connectivity index (χ4v) is 2.67. The van der Waals surface area contributed by atoms with Crippen molar-refractivity contribution >= 4 is 15.9 Å². The van der Waals surface area contributed by atoms with E-state index in [0.29, 0.717) is 0 Å². The van der Waals surface area contributed by atoms with Crippen molar-refractivity contribution in [2.24, 2.45) is 5.92 Å². The highest BCUT2D eigenvalue weighted by atomic mass is 32.2. The minimum Gasteiger partial charge on any atom is -0.341 e. The lowest BCUT2D eigenvalue weighted by atomic mass is 10.0. The quantitative estimate of drug-likeness (QED) is 0.772. The summed E-state index contributed by atoms with van der Waals surface area (Å²) < 4.78 is 24.8. The monoisotopic (exact) mass is 248 g/mol. The van der Waals surface area contributed by atoms with Gasteiger partial charge in [-0.05, 0) is 18.8 Å². The van der Waals surface area contributed by atoms with Gasteiger partial charge < -0.3 is 4.90 Å². The van der Waals surface area contributed by atoms with Gasteiger partial charge in [0, 0.05) is 13.1 Å². The van der Waals surface area contributed by atoms with Crippen LogP contribution in [-0.4, -0.2) is 44.6 Å². The first-order chi connectivity index (χ1) is 7.31. The minimum atomic E-state index is -3.34. The Labute approximate surface area is 97.2 Å². The van der Waals surface area contributed by atoms with Gasteiger partial charge in [-0.2, -0.15) is 0 Å². The van der Waals surface area contributed by atoms with Crippen molar-refractivity contribution in [1.82, 2.24) is 9.62 Å². The summed E-state index contributed by atoms with van der Waals surface area (Å²) in [5, 5.41) is 0. The lowest BCUT2D eigenvalue weighted by molar-refractivity contribution is -0.132. The Morgan fingerprint density at radius 3 is 2.12 bits per heavy atom. The number of hydrogen-bond acceptors (Lipinski definition) is 3. The van der Waals surface area contributed by atoms with E-state index in [4.69, 9.17) is 0 Å². The third-order valence-corrected chi connectivity index (χ3v) is 3.37. The van der Waals surface area contributed by atoms with Crippen LogP contribution in [0, 0.1) is 5.92 Å². The lowest BCUT2D eigenvalue weighted by Gasteiger charge is -2.25. The van der Waals surface area contributed by atoms with Gasteiger partial charge in [0.1, 0.15) is 6.04 Å².